The van der Waals surface area contributed by atoms with E-state index in [0.717, 1.165) is 36.8 Å². The van der Waals surface area contributed by atoms with Crippen molar-refractivity contribution in [3.8, 4) is 0 Å². The fraction of sp³-hybridized carbons (Fsp3) is 0.652. The summed E-state index contributed by atoms with van der Waals surface area (Å²) in [6, 6.07) is 0. The van der Waals surface area contributed by atoms with Crippen molar-refractivity contribution in [3.05, 3.63) is 36.0 Å². The molecular formula is C23H30O4. The van der Waals surface area contributed by atoms with E-state index in [2.05, 4.69) is 26.5 Å². The minimum Gasteiger partial charge on any atom is -0.481 e. The first kappa shape index (κ1) is 18.7. The molecule has 4 aliphatic rings. The number of hydrogen-bond acceptors (Lipinski definition) is 3. The quantitative estimate of drug-likeness (QED) is 0.786. The Hall–Kier alpha value is -1.68. The Bertz CT molecular complexity index is 777. The number of allylic oxidation sites excluding steroid dienone is 5. The number of hydrogen-bond donors (Lipinski definition) is 2. The number of fused-ring (bicyclic) bond motifs is 5. The van der Waals surface area contributed by atoms with Crippen molar-refractivity contribution in [2.45, 2.75) is 64.4 Å². The molecule has 0 amide bonds. The highest BCUT2D eigenvalue weighted by molar-refractivity contribution is 6.01. The summed E-state index contributed by atoms with van der Waals surface area (Å²) in [7, 11) is 0. The van der Waals surface area contributed by atoms with Gasteiger partial charge < -0.3 is 10.2 Å². The molecule has 0 radical (unpaired) electrons. The Morgan fingerprint density at radius 3 is 2.67 bits per heavy atom. The van der Waals surface area contributed by atoms with Crippen LogP contribution in [0.1, 0.15) is 58.8 Å². The average Bonchev–Trinajstić information content (AvgIpc) is 2.87. The number of rotatable bonds is 3. The lowest BCUT2D eigenvalue weighted by atomic mass is 9.46. The van der Waals surface area contributed by atoms with Crippen LogP contribution in [-0.2, 0) is 9.59 Å². The van der Waals surface area contributed by atoms with Gasteiger partial charge in [0.25, 0.3) is 0 Å². The second-order valence-electron chi connectivity index (χ2n) is 9.68. The molecule has 0 aliphatic heterocycles. The van der Waals surface area contributed by atoms with Crippen LogP contribution in [0.25, 0.3) is 0 Å². The van der Waals surface area contributed by atoms with E-state index < -0.39 is 11.6 Å². The zero-order valence-electron chi connectivity index (χ0n) is 16.3. The number of aliphatic carboxylic acids is 1. The van der Waals surface area contributed by atoms with Gasteiger partial charge in [0, 0.05) is 11.8 Å². The topological polar surface area (TPSA) is 74.6 Å². The van der Waals surface area contributed by atoms with Gasteiger partial charge in [-0.1, -0.05) is 32.1 Å². The molecule has 146 valence electrons. The van der Waals surface area contributed by atoms with Crippen molar-refractivity contribution in [1.29, 1.82) is 0 Å². The highest BCUT2D eigenvalue weighted by atomic mass is 16.4. The highest BCUT2D eigenvalue weighted by Gasteiger charge is 2.63. The largest absolute Gasteiger partial charge is 0.481 e. The lowest BCUT2D eigenvalue weighted by Gasteiger charge is -2.58. The van der Waals surface area contributed by atoms with Crippen molar-refractivity contribution in [1.82, 2.24) is 0 Å². The molecule has 3 fully saturated rings. The first-order valence-electron chi connectivity index (χ1n) is 10.2. The highest BCUT2D eigenvalue weighted by Crippen LogP contribution is 2.68. The lowest BCUT2D eigenvalue weighted by Crippen LogP contribution is -2.54. The first-order valence-corrected chi connectivity index (χ1v) is 10.2. The molecule has 2 N–H and O–H groups in total. The van der Waals surface area contributed by atoms with E-state index in [-0.39, 0.29) is 23.0 Å². The van der Waals surface area contributed by atoms with Gasteiger partial charge in [-0.2, -0.15) is 0 Å². The Labute approximate surface area is 161 Å². The van der Waals surface area contributed by atoms with Gasteiger partial charge in [-0.15, -0.1) is 0 Å². The van der Waals surface area contributed by atoms with Crippen LogP contribution in [-0.4, -0.2) is 27.6 Å². The Morgan fingerprint density at radius 2 is 1.96 bits per heavy atom. The van der Waals surface area contributed by atoms with Crippen LogP contribution in [0, 0.1) is 28.6 Å². The number of ketones is 1. The van der Waals surface area contributed by atoms with Gasteiger partial charge >= 0.3 is 5.97 Å². The zero-order valence-corrected chi connectivity index (χ0v) is 16.3. The fourth-order valence-corrected chi connectivity index (χ4v) is 7.04. The van der Waals surface area contributed by atoms with Gasteiger partial charge in [-0.25, -0.2) is 0 Å². The van der Waals surface area contributed by atoms with Crippen LogP contribution in [0.2, 0.25) is 0 Å². The van der Waals surface area contributed by atoms with Crippen molar-refractivity contribution < 1.29 is 19.8 Å². The molecule has 4 rings (SSSR count). The summed E-state index contributed by atoms with van der Waals surface area (Å²) in [5, 5.41) is 20.5. The monoisotopic (exact) mass is 370 g/mol. The second-order valence-corrected chi connectivity index (χ2v) is 9.68. The van der Waals surface area contributed by atoms with Gasteiger partial charge in [-0.3, -0.25) is 9.59 Å². The molecule has 0 aromatic carbocycles. The number of aliphatic hydroxyl groups is 1. The molecule has 4 heteroatoms. The molecule has 0 bridgehead atoms. The maximum atomic E-state index is 11.9. The summed E-state index contributed by atoms with van der Waals surface area (Å²) in [5.74, 6) is 0.450. The fourth-order valence-electron chi connectivity index (χ4n) is 7.04. The number of carboxylic acids is 1. The van der Waals surface area contributed by atoms with Gasteiger partial charge in [0.15, 0.2) is 5.78 Å². The molecular weight excluding hydrogens is 340 g/mol. The minimum atomic E-state index is -0.891. The van der Waals surface area contributed by atoms with Crippen molar-refractivity contribution in [2.24, 2.45) is 28.6 Å². The van der Waals surface area contributed by atoms with Crippen LogP contribution in [0.3, 0.4) is 0 Å². The summed E-state index contributed by atoms with van der Waals surface area (Å²) in [6.45, 7) is 8.72. The molecule has 0 aromatic rings. The van der Waals surface area contributed by atoms with Crippen molar-refractivity contribution >= 4 is 11.8 Å². The smallest absolute Gasteiger partial charge is 0.303 e. The third-order valence-electron chi connectivity index (χ3n) is 8.61. The van der Waals surface area contributed by atoms with E-state index in [0.29, 0.717) is 30.6 Å². The Balaban J connectivity index is 1.67. The van der Waals surface area contributed by atoms with Crippen LogP contribution in [0.15, 0.2) is 36.0 Å². The second kappa shape index (κ2) is 5.91. The molecule has 1 unspecified atom stereocenters. The Kier molecular flexibility index (Phi) is 4.08. The number of carboxylic acid groups (broad SMARTS) is 1. The molecule has 4 nitrogen and oxygen atoms in total. The molecule has 0 spiro atoms. The lowest BCUT2D eigenvalue weighted by molar-refractivity contribution is -0.145. The summed E-state index contributed by atoms with van der Waals surface area (Å²) in [6.07, 6.45) is 10.3. The maximum Gasteiger partial charge on any atom is 0.303 e. The standard InChI is InChI=1S/C23H30O4/c1-14-12-16-17(21(2)8-4-15(24)13-19(14)21)5-9-22(3)18(16)6-10-23(22,27)11-7-20(25)26/h4,8,13,16-18,27H,1,5-7,9-12H2,2-3H3,(H,25,26)/t16-,17-,18+,21-,22+,23?/m1/s1. The minimum absolute atomic E-state index is 0.0229. The molecule has 0 heterocycles. The summed E-state index contributed by atoms with van der Waals surface area (Å²) in [4.78, 5) is 23.0. The van der Waals surface area contributed by atoms with Gasteiger partial charge in [0.05, 0.1) is 5.60 Å². The van der Waals surface area contributed by atoms with E-state index in [9.17, 15) is 14.7 Å². The third kappa shape index (κ3) is 2.52. The van der Waals surface area contributed by atoms with Gasteiger partial charge in [-0.05, 0) is 79.4 Å². The summed E-state index contributed by atoms with van der Waals surface area (Å²) in [5.41, 5.74) is 0.866. The normalized spacial score (nSPS) is 45.7. The van der Waals surface area contributed by atoms with Crippen LogP contribution in [0.4, 0.5) is 0 Å². The van der Waals surface area contributed by atoms with E-state index in [1.165, 1.54) is 0 Å². The van der Waals surface area contributed by atoms with E-state index in [4.69, 9.17) is 5.11 Å². The Morgan fingerprint density at radius 1 is 1.26 bits per heavy atom. The van der Waals surface area contributed by atoms with Crippen LogP contribution >= 0.6 is 0 Å². The molecule has 0 aromatic heterocycles. The number of carbonyl (C=O) groups excluding carboxylic acids is 1. The van der Waals surface area contributed by atoms with E-state index in [1.54, 1.807) is 12.2 Å². The summed E-state index contributed by atoms with van der Waals surface area (Å²) < 4.78 is 0. The van der Waals surface area contributed by atoms with E-state index >= 15 is 0 Å². The van der Waals surface area contributed by atoms with Gasteiger partial charge in [0.1, 0.15) is 0 Å². The predicted molar refractivity (Wildman–Crippen MR) is 103 cm³/mol. The molecule has 4 aliphatic carbocycles. The molecule has 0 saturated heterocycles. The third-order valence-corrected chi connectivity index (χ3v) is 8.61. The van der Waals surface area contributed by atoms with Crippen LogP contribution < -0.4 is 0 Å². The number of carbonyl (C=O) groups is 2. The summed E-state index contributed by atoms with van der Waals surface area (Å²) >= 11 is 0. The molecule has 27 heavy (non-hydrogen) atoms. The first-order chi connectivity index (χ1) is 12.6. The van der Waals surface area contributed by atoms with E-state index in [1.807, 2.05) is 0 Å². The van der Waals surface area contributed by atoms with Crippen LogP contribution in [0.5, 0.6) is 0 Å². The van der Waals surface area contributed by atoms with Crippen molar-refractivity contribution in [2.75, 3.05) is 0 Å². The SMILES string of the molecule is C=C1C[C@@H]2[C@@H](CC[C@@]3(C)[C@H]2CCC3(O)CCC(=O)O)[C@@]2(C)C=CC(=O)C=C12. The van der Waals surface area contributed by atoms with Gasteiger partial charge in [0.2, 0.25) is 0 Å². The maximum absolute atomic E-state index is 11.9. The molecule has 6 atom stereocenters. The predicted octanol–water partition coefficient (Wildman–Crippen LogP) is 4.06. The molecule has 3 saturated carbocycles. The average molecular weight is 370 g/mol. The zero-order chi connectivity index (χ0) is 19.6. The van der Waals surface area contributed by atoms with Crippen molar-refractivity contribution in [3.63, 3.8) is 0 Å².